The molecule has 6 nitrogen and oxygen atoms in total. The Morgan fingerprint density at radius 3 is 2.94 bits per heavy atom. The molecule has 1 aliphatic heterocycles. The summed E-state index contributed by atoms with van der Waals surface area (Å²) in [6, 6.07) is 0. The Bertz CT molecular complexity index is 370. The van der Waals surface area contributed by atoms with Crippen LogP contribution in [0.25, 0.3) is 0 Å². The van der Waals surface area contributed by atoms with Gasteiger partial charge in [-0.05, 0) is 0 Å². The van der Waals surface area contributed by atoms with E-state index in [2.05, 4.69) is 20.5 Å². The van der Waals surface area contributed by atoms with Gasteiger partial charge in [0.05, 0.1) is 13.1 Å². The van der Waals surface area contributed by atoms with Gasteiger partial charge in [0.2, 0.25) is 5.91 Å². The largest absolute Gasteiger partial charge is 0.348 e. The molecule has 0 atom stereocenters. The zero-order valence-corrected chi connectivity index (χ0v) is 10.1. The van der Waals surface area contributed by atoms with E-state index in [1.165, 1.54) is 0 Å². The second-order valence-corrected chi connectivity index (χ2v) is 4.26. The van der Waals surface area contributed by atoms with E-state index in [1.54, 1.807) is 6.20 Å². The average molecular weight is 237 g/mol. The van der Waals surface area contributed by atoms with Crippen molar-refractivity contribution < 1.29 is 4.79 Å². The van der Waals surface area contributed by atoms with Crippen molar-refractivity contribution in [2.45, 2.75) is 6.54 Å². The zero-order chi connectivity index (χ0) is 12.1. The van der Waals surface area contributed by atoms with E-state index in [0.29, 0.717) is 13.1 Å². The van der Waals surface area contributed by atoms with Gasteiger partial charge in [-0.1, -0.05) is 0 Å². The van der Waals surface area contributed by atoms with Gasteiger partial charge < -0.3 is 15.2 Å². The van der Waals surface area contributed by atoms with Gasteiger partial charge in [-0.25, -0.2) is 4.98 Å². The monoisotopic (exact) mass is 237 g/mol. The van der Waals surface area contributed by atoms with Gasteiger partial charge in [-0.3, -0.25) is 9.69 Å². The summed E-state index contributed by atoms with van der Waals surface area (Å²) in [4.78, 5) is 18.0. The van der Waals surface area contributed by atoms with Crippen LogP contribution >= 0.6 is 0 Å². The number of carbonyl (C=O) groups excluding carboxylic acids is 1. The van der Waals surface area contributed by atoms with Crippen molar-refractivity contribution in [1.82, 2.24) is 25.1 Å². The van der Waals surface area contributed by atoms with Crippen LogP contribution in [-0.2, 0) is 18.4 Å². The molecule has 1 fully saturated rings. The molecule has 0 radical (unpaired) electrons. The quantitative estimate of drug-likeness (QED) is 0.701. The van der Waals surface area contributed by atoms with Crippen molar-refractivity contribution in [2.75, 3.05) is 32.7 Å². The molecule has 0 aliphatic carbocycles. The van der Waals surface area contributed by atoms with Crippen molar-refractivity contribution in [3.8, 4) is 0 Å². The molecular weight excluding hydrogens is 218 g/mol. The molecule has 1 aromatic rings. The molecule has 1 aromatic heterocycles. The molecule has 2 rings (SSSR count). The van der Waals surface area contributed by atoms with Gasteiger partial charge in [0.1, 0.15) is 5.82 Å². The Balaban J connectivity index is 1.72. The van der Waals surface area contributed by atoms with Crippen molar-refractivity contribution in [3.63, 3.8) is 0 Å². The molecule has 2 heterocycles. The second kappa shape index (κ2) is 5.79. The lowest BCUT2D eigenvalue weighted by atomic mass is 10.3. The predicted octanol–water partition coefficient (Wildman–Crippen LogP) is -1.06. The maximum Gasteiger partial charge on any atom is 0.234 e. The third-order valence-corrected chi connectivity index (χ3v) is 2.94. The van der Waals surface area contributed by atoms with Gasteiger partial charge in [0.15, 0.2) is 0 Å². The van der Waals surface area contributed by atoms with Crippen molar-refractivity contribution in [3.05, 3.63) is 18.2 Å². The molecule has 0 saturated carbocycles. The van der Waals surface area contributed by atoms with Crippen LogP contribution in [0.4, 0.5) is 0 Å². The molecule has 6 heteroatoms. The highest BCUT2D eigenvalue weighted by Crippen LogP contribution is 1.94. The Kier molecular flexibility index (Phi) is 4.11. The van der Waals surface area contributed by atoms with E-state index in [0.717, 1.165) is 32.0 Å². The number of piperazine rings is 1. The number of hydrogen-bond donors (Lipinski definition) is 2. The number of aromatic nitrogens is 2. The highest BCUT2D eigenvalue weighted by Gasteiger charge is 2.13. The van der Waals surface area contributed by atoms with Gasteiger partial charge in [-0.15, -0.1) is 0 Å². The van der Waals surface area contributed by atoms with E-state index in [1.807, 2.05) is 17.8 Å². The Hall–Kier alpha value is -1.40. The third kappa shape index (κ3) is 3.54. The summed E-state index contributed by atoms with van der Waals surface area (Å²) in [5.41, 5.74) is 0. The van der Waals surface area contributed by atoms with E-state index in [9.17, 15) is 4.79 Å². The van der Waals surface area contributed by atoms with Crippen LogP contribution in [0.2, 0.25) is 0 Å². The maximum absolute atomic E-state index is 11.7. The normalized spacial score (nSPS) is 17.0. The topological polar surface area (TPSA) is 62.2 Å². The van der Waals surface area contributed by atoms with Crippen LogP contribution in [0, 0.1) is 0 Å². The van der Waals surface area contributed by atoms with E-state index in [4.69, 9.17) is 0 Å². The minimum absolute atomic E-state index is 0.0647. The Morgan fingerprint density at radius 2 is 2.29 bits per heavy atom. The summed E-state index contributed by atoms with van der Waals surface area (Å²) < 4.78 is 1.91. The Morgan fingerprint density at radius 1 is 1.53 bits per heavy atom. The highest BCUT2D eigenvalue weighted by atomic mass is 16.2. The lowest BCUT2D eigenvalue weighted by Gasteiger charge is -2.26. The summed E-state index contributed by atoms with van der Waals surface area (Å²) in [6.07, 6.45) is 3.61. The van der Waals surface area contributed by atoms with Crippen LogP contribution in [0.3, 0.4) is 0 Å². The summed E-state index contributed by atoms with van der Waals surface area (Å²) in [5.74, 6) is 0.938. The fraction of sp³-hybridized carbons (Fsp3) is 0.636. The number of rotatable bonds is 4. The van der Waals surface area contributed by atoms with Crippen molar-refractivity contribution in [1.29, 1.82) is 0 Å². The van der Waals surface area contributed by atoms with Crippen LogP contribution < -0.4 is 10.6 Å². The highest BCUT2D eigenvalue weighted by molar-refractivity contribution is 5.77. The van der Waals surface area contributed by atoms with Crippen molar-refractivity contribution >= 4 is 5.91 Å². The molecule has 1 aliphatic rings. The Labute approximate surface area is 101 Å². The molecular formula is C11H19N5O. The number of nitrogens with one attached hydrogen (secondary N) is 2. The molecule has 1 saturated heterocycles. The van der Waals surface area contributed by atoms with E-state index < -0.39 is 0 Å². The maximum atomic E-state index is 11.7. The minimum atomic E-state index is 0.0647. The minimum Gasteiger partial charge on any atom is -0.348 e. The average Bonchev–Trinajstić information content (AvgIpc) is 2.74. The van der Waals surface area contributed by atoms with Crippen LogP contribution in [-0.4, -0.2) is 53.1 Å². The molecule has 0 bridgehead atoms. The number of hydrogen-bond acceptors (Lipinski definition) is 4. The van der Waals surface area contributed by atoms with Crippen LogP contribution in [0.1, 0.15) is 5.82 Å². The van der Waals surface area contributed by atoms with Crippen LogP contribution in [0.5, 0.6) is 0 Å². The zero-order valence-electron chi connectivity index (χ0n) is 10.1. The first-order valence-corrected chi connectivity index (χ1v) is 5.91. The summed E-state index contributed by atoms with van der Waals surface area (Å²) >= 11 is 0. The fourth-order valence-corrected chi connectivity index (χ4v) is 1.87. The summed E-state index contributed by atoms with van der Waals surface area (Å²) in [5, 5.41) is 6.15. The van der Waals surface area contributed by atoms with E-state index >= 15 is 0 Å². The predicted molar refractivity (Wildman–Crippen MR) is 64.4 cm³/mol. The lowest BCUT2D eigenvalue weighted by Crippen LogP contribution is -2.47. The number of amides is 1. The van der Waals surface area contributed by atoms with Gasteiger partial charge in [0, 0.05) is 45.6 Å². The van der Waals surface area contributed by atoms with Gasteiger partial charge in [0.25, 0.3) is 0 Å². The number of carbonyl (C=O) groups is 1. The lowest BCUT2D eigenvalue weighted by molar-refractivity contribution is -0.122. The SMILES string of the molecule is Cn1ccnc1CNC(=O)CN1CCNCC1. The number of imidazole rings is 1. The van der Waals surface area contributed by atoms with Crippen molar-refractivity contribution in [2.24, 2.45) is 7.05 Å². The fourth-order valence-electron chi connectivity index (χ4n) is 1.87. The van der Waals surface area contributed by atoms with Gasteiger partial charge >= 0.3 is 0 Å². The third-order valence-electron chi connectivity index (χ3n) is 2.94. The molecule has 94 valence electrons. The first-order valence-electron chi connectivity index (χ1n) is 5.91. The van der Waals surface area contributed by atoms with E-state index in [-0.39, 0.29) is 5.91 Å². The van der Waals surface area contributed by atoms with Crippen LogP contribution in [0.15, 0.2) is 12.4 Å². The molecule has 0 spiro atoms. The molecule has 0 unspecified atom stereocenters. The smallest absolute Gasteiger partial charge is 0.234 e. The molecule has 1 amide bonds. The molecule has 0 aromatic carbocycles. The first kappa shape index (κ1) is 12.1. The van der Waals surface area contributed by atoms with Gasteiger partial charge in [-0.2, -0.15) is 0 Å². The summed E-state index contributed by atoms with van der Waals surface area (Å²) in [7, 11) is 1.92. The first-order chi connectivity index (χ1) is 8.25. The second-order valence-electron chi connectivity index (χ2n) is 4.26. The summed E-state index contributed by atoms with van der Waals surface area (Å²) in [6.45, 7) is 4.78. The molecule has 17 heavy (non-hydrogen) atoms. The number of nitrogens with zero attached hydrogens (tertiary/aromatic N) is 3. The molecule has 2 N–H and O–H groups in total. The standard InChI is InChI=1S/C11H19N5O/c1-15-5-4-13-10(15)8-14-11(17)9-16-6-2-12-3-7-16/h4-5,12H,2-3,6-9H2,1H3,(H,14,17). The number of aryl methyl sites for hydroxylation is 1.